The van der Waals surface area contributed by atoms with Gasteiger partial charge in [-0.2, -0.15) is 0 Å². The van der Waals surface area contributed by atoms with E-state index in [1.807, 2.05) is 0 Å². The Balaban J connectivity index is 1.37. The number of morpholine rings is 1. The van der Waals surface area contributed by atoms with Gasteiger partial charge in [-0.25, -0.2) is 0 Å². The second-order valence-electron chi connectivity index (χ2n) is 7.85. The van der Waals surface area contributed by atoms with E-state index in [4.69, 9.17) is 4.74 Å². The number of benzene rings is 1. The summed E-state index contributed by atoms with van der Waals surface area (Å²) in [5, 5.41) is 3.27. The van der Waals surface area contributed by atoms with Gasteiger partial charge >= 0.3 is 0 Å². The van der Waals surface area contributed by atoms with Crippen molar-refractivity contribution in [1.82, 2.24) is 5.32 Å². The fraction of sp³-hybridized carbons (Fsp3) is 0.650. The summed E-state index contributed by atoms with van der Waals surface area (Å²) in [4.78, 5) is 15.4. The van der Waals surface area contributed by atoms with Gasteiger partial charge in [-0.1, -0.05) is 30.3 Å². The molecule has 2 fully saturated rings. The Morgan fingerprint density at radius 1 is 1.08 bits per heavy atom. The van der Waals surface area contributed by atoms with Crippen molar-refractivity contribution in [2.45, 2.75) is 51.5 Å². The number of hydrogen-bond acceptors (Lipinski definition) is 2. The molecule has 1 aromatic rings. The van der Waals surface area contributed by atoms with Crippen molar-refractivity contribution >= 4 is 5.91 Å². The fourth-order valence-electron chi connectivity index (χ4n) is 4.27. The zero-order chi connectivity index (χ0) is 17.6. The maximum Gasteiger partial charge on any atom is 0.275 e. The first-order valence-corrected chi connectivity index (χ1v) is 9.74. The monoisotopic (exact) mass is 347 g/mol. The third-order valence-electron chi connectivity index (χ3n) is 5.38. The molecule has 0 spiro atoms. The molecule has 1 amide bonds. The van der Waals surface area contributed by atoms with Gasteiger partial charge in [0.2, 0.25) is 0 Å². The van der Waals surface area contributed by atoms with Gasteiger partial charge in [-0.3, -0.25) is 4.79 Å². The lowest BCUT2D eigenvalue weighted by molar-refractivity contribution is -0.919. The number of piperidine rings is 1. The molecule has 25 heavy (non-hydrogen) atoms. The summed E-state index contributed by atoms with van der Waals surface area (Å²) < 4.78 is 5.75. The highest BCUT2D eigenvalue weighted by atomic mass is 16.5. The molecule has 0 bridgehead atoms. The summed E-state index contributed by atoms with van der Waals surface area (Å²) in [5.41, 5.74) is 1.40. The number of quaternary nitrogens is 2. The highest BCUT2D eigenvalue weighted by molar-refractivity contribution is 5.77. The zero-order valence-corrected chi connectivity index (χ0v) is 15.6. The van der Waals surface area contributed by atoms with Crippen LogP contribution in [-0.4, -0.2) is 56.9 Å². The molecule has 0 aromatic heterocycles. The van der Waals surface area contributed by atoms with Crippen molar-refractivity contribution in [2.75, 3.05) is 32.7 Å². The Labute approximate surface area is 151 Å². The molecule has 0 aliphatic carbocycles. The summed E-state index contributed by atoms with van der Waals surface area (Å²) in [6, 6.07) is 11.0. The van der Waals surface area contributed by atoms with E-state index in [1.165, 1.54) is 10.5 Å². The lowest BCUT2D eigenvalue weighted by Crippen LogP contribution is -3.16. The molecule has 2 atom stereocenters. The summed E-state index contributed by atoms with van der Waals surface area (Å²) in [6.07, 6.45) is 2.66. The Bertz CT molecular complexity index is 533. The van der Waals surface area contributed by atoms with E-state index in [0.717, 1.165) is 45.6 Å². The van der Waals surface area contributed by atoms with E-state index in [9.17, 15) is 4.79 Å². The lowest BCUT2D eigenvalue weighted by atomic mass is 10.0. The van der Waals surface area contributed by atoms with Crippen molar-refractivity contribution < 1.29 is 19.3 Å². The van der Waals surface area contributed by atoms with Crippen LogP contribution in [-0.2, 0) is 16.1 Å². The van der Waals surface area contributed by atoms with Gasteiger partial charge in [0, 0.05) is 24.4 Å². The topological polar surface area (TPSA) is 47.2 Å². The number of ether oxygens (including phenoxy) is 1. The van der Waals surface area contributed by atoms with Crippen molar-refractivity contribution in [3.63, 3.8) is 0 Å². The zero-order valence-electron chi connectivity index (χ0n) is 15.6. The molecule has 2 aliphatic heterocycles. The summed E-state index contributed by atoms with van der Waals surface area (Å²) in [6.45, 7) is 9.99. The van der Waals surface area contributed by atoms with Crippen molar-refractivity contribution in [1.29, 1.82) is 0 Å². The van der Waals surface area contributed by atoms with Crippen LogP contribution in [0, 0.1) is 0 Å². The second kappa shape index (κ2) is 8.79. The largest absolute Gasteiger partial charge is 0.364 e. The molecule has 5 heteroatoms. The number of amides is 1. The van der Waals surface area contributed by atoms with Gasteiger partial charge in [-0.15, -0.1) is 0 Å². The quantitative estimate of drug-likeness (QED) is 0.643. The standard InChI is InChI=1S/C20H31N3O2/c1-16-12-23(13-17(2)25-16)15-20(24)21-19-8-10-22(11-9-19)14-18-6-4-3-5-7-18/h3-7,16-17,19H,8-15H2,1-2H3,(H,21,24)/p+2/t16-,17-/m0/s1. The van der Waals surface area contributed by atoms with Crippen LogP contribution in [0.1, 0.15) is 32.3 Å². The minimum Gasteiger partial charge on any atom is -0.364 e. The predicted molar refractivity (Wildman–Crippen MR) is 97.6 cm³/mol. The number of carbonyl (C=O) groups is 1. The van der Waals surface area contributed by atoms with Crippen LogP contribution in [0.5, 0.6) is 0 Å². The van der Waals surface area contributed by atoms with Gasteiger partial charge in [-0.05, 0) is 13.8 Å². The Morgan fingerprint density at radius 3 is 2.36 bits per heavy atom. The molecule has 2 heterocycles. The molecule has 0 radical (unpaired) electrons. The molecule has 3 N–H and O–H groups in total. The number of likely N-dealkylation sites (tertiary alicyclic amines) is 1. The summed E-state index contributed by atoms with van der Waals surface area (Å²) in [5.74, 6) is 0.202. The average Bonchev–Trinajstić information content (AvgIpc) is 2.56. The predicted octanol–water partition coefficient (Wildman–Crippen LogP) is -0.958. The SMILES string of the molecule is C[C@H]1C[NH+](CC(=O)NC2CC[NH+](Cc3ccccc3)CC2)C[C@H](C)O1. The first kappa shape index (κ1) is 18.4. The van der Waals surface area contributed by atoms with Crippen LogP contribution in [0.4, 0.5) is 0 Å². The molecule has 5 nitrogen and oxygen atoms in total. The Kier molecular flexibility index (Phi) is 6.45. The normalized spacial score (nSPS) is 33.0. The number of nitrogens with one attached hydrogen (secondary N) is 3. The number of carbonyl (C=O) groups excluding carboxylic acids is 1. The molecule has 2 saturated heterocycles. The smallest absolute Gasteiger partial charge is 0.275 e. The third-order valence-corrected chi connectivity index (χ3v) is 5.38. The van der Waals surface area contributed by atoms with Crippen molar-refractivity contribution in [3.05, 3.63) is 35.9 Å². The Hall–Kier alpha value is -1.43. The van der Waals surface area contributed by atoms with E-state index in [-0.39, 0.29) is 18.1 Å². The van der Waals surface area contributed by atoms with Gasteiger partial charge < -0.3 is 19.9 Å². The molecule has 3 rings (SSSR count). The molecular formula is C20H33N3O2+2. The van der Waals surface area contributed by atoms with E-state index in [0.29, 0.717) is 12.6 Å². The minimum absolute atomic E-state index is 0.202. The molecule has 0 unspecified atom stereocenters. The molecule has 1 aromatic carbocycles. The van der Waals surface area contributed by atoms with Crippen LogP contribution in [0.3, 0.4) is 0 Å². The van der Waals surface area contributed by atoms with E-state index >= 15 is 0 Å². The maximum absolute atomic E-state index is 12.4. The van der Waals surface area contributed by atoms with Crippen LogP contribution < -0.4 is 15.1 Å². The first-order chi connectivity index (χ1) is 12.1. The van der Waals surface area contributed by atoms with Crippen LogP contribution >= 0.6 is 0 Å². The number of hydrogen-bond donors (Lipinski definition) is 3. The highest BCUT2D eigenvalue weighted by Gasteiger charge is 2.29. The Morgan fingerprint density at radius 2 is 1.72 bits per heavy atom. The summed E-state index contributed by atoms with van der Waals surface area (Å²) in [7, 11) is 0. The van der Waals surface area contributed by atoms with Gasteiger partial charge in [0.05, 0.1) is 13.1 Å². The minimum atomic E-state index is 0.202. The van der Waals surface area contributed by atoms with Gasteiger partial charge in [0.25, 0.3) is 5.91 Å². The number of rotatable bonds is 5. The average molecular weight is 348 g/mol. The fourth-order valence-corrected chi connectivity index (χ4v) is 4.27. The molecular weight excluding hydrogens is 314 g/mol. The molecule has 138 valence electrons. The van der Waals surface area contributed by atoms with E-state index in [1.54, 1.807) is 4.90 Å². The van der Waals surface area contributed by atoms with Crippen LogP contribution in [0.25, 0.3) is 0 Å². The van der Waals surface area contributed by atoms with Crippen molar-refractivity contribution in [3.8, 4) is 0 Å². The van der Waals surface area contributed by atoms with Crippen LogP contribution in [0.15, 0.2) is 30.3 Å². The lowest BCUT2D eigenvalue weighted by Gasteiger charge is -2.33. The molecule has 2 aliphatic rings. The summed E-state index contributed by atoms with van der Waals surface area (Å²) >= 11 is 0. The van der Waals surface area contributed by atoms with E-state index in [2.05, 4.69) is 49.5 Å². The van der Waals surface area contributed by atoms with Crippen molar-refractivity contribution in [2.24, 2.45) is 0 Å². The first-order valence-electron chi connectivity index (χ1n) is 9.74. The van der Waals surface area contributed by atoms with Gasteiger partial charge in [0.15, 0.2) is 6.54 Å². The van der Waals surface area contributed by atoms with E-state index < -0.39 is 0 Å². The van der Waals surface area contributed by atoms with Gasteiger partial charge in [0.1, 0.15) is 31.8 Å². The highest BCUT2D eigenvalue weighted by Crippen LogP contribution is 2.02. The second-order valence-corrected chi connectivity index (χ2v) is 7.85. The maximum atomic E-state index is 12.4. The van der Waals surface area contributed by atoms with Crippen LogP contribution in [0.2, 0.25) is 0 Å². The third kappa shape index (κ3) is 5.80. The molecule has 0 saturated carbocycles.